The molecule has 106 valence electrons. The SMILES string of the molecule is COc1c(C)cc(C(O)c2cc(F)ccc2Br)cc1C. The molecule has 0 heterocycles. The summed E-state index contributed by atoms with van der Waals surface area (Å²) in [7, 11) is 1.62. The molecule has 2 rings (SSSR count). The highest BCUT2D eigenvalue weighted by Gasteiger charge is 2.17. The van der Waals surface area contributed by atoms with E-state index in [2.05, 4.69) is 15.9 Å². The Balaban J connectivity index is 2.48. The van der Waals surface area contributed by atoms with E-state index in [4.69, 9.17) is 4.74 Å². The predicted octanol–water partition coefficient (Wildman–Crippen LogP) is 4.30. The first-order chi connectivity index (χ1) is 9.43. The van der Waals surface area contributed by atoms with Crippen molar-refractivity contribution in [2.75, 3.05) is 7.11 Å². The minimum Gasteiger partial charge on any atom is -0.496 e. The summed E-state index contributed by atoms with van der Waals surface area (Å²) in [5.74, 6) is 0.434. The van der Waals surface area contributed by atoms with Crippen LogP contribution in [-0.2, 0) is 0 Å². The Bertz CT molecular complexity index is 617. The molecule has 0 aliphatic carbocycles. The molecule has 0 saturated carbocycles. The zero-order valence-electron chi connectivity index (χ0n) is 11.6. The molecule has 0 amide bonds. The Morgan fingerprint density at radius 1 is 1.15 bits per heavy atom. The summed E-state index contributed by atoms with van der Waals surface area (Å²) in [6.45, 7) is 3.84. The lowest BCUT2D eigenvalue weighted by Gasteiger charge is -2.17. The molecule has 0 spiro atoms. The highest BCUT2D eigenvalue weighted by Crippen LogP contribution is 2.33. The lowest BCUT2D eigenvalue weighted by Crippen LogP contribution is -2.03. The quantitative estimate of drug-likeness (QED) is 0.904. The molecule has 0 saturated heterocycles. The minimum absolute atomic E-state index is 0.371. The Labute approximate surface area is 126 Å². The molecule has 1 atom stereocenters. The average molecular weight is 339 g/mol. The van der Waals surface area contributed by atoms with Gasteiger partial charge in [-0.05, 0) is 60.9 Å². The molecular formula is C16H16BrFO2. The van der Waals surface area contributed by atoms with Crippen molar-refractivity contribution in [3.05, 3.63) is 62.9 Å². The van der Waals surface area contributed by atoms with Crippen molar-refractivity contribution in [2.45, 2.75) is 20.0 Å². The highest BCUT2D eigenvalue weighted by atomic mass is 79.9. The third kappa shape index (κ3) is 2.86. The summed E-state index contributed by atoms with van der Waals surface area (Å²) in [6, 6.07) is 7.99. The standard InChI is InChI=1S/C16H16BrFO2/c1-9-6-11(7-10(2)16(9)20-3)15(19)13-8-12(18)4-5-14(13)17/h4-8,15,19H,1-3H3. The van der Waals surface area contributed by atoms with Crippen molar-refractivity contribution in [1.29, 1.82) is 0 Å². The molecule has 2 aromatic carbocycles. The molecule has 2 nitrogen and oxygen atoms in total. The van der Waals surface area contributed by atoms with Crippen molar-refractivity contribution >= 4 is 15.9 Å². The van der Waals surface area contributed by atoms with Crippen LogP contribution in [0.1, 0.15) is 28.4 Å². The molecule has 1 N–H and O–H groups in total. The van der Waals surface area contributed by atoms with Crippen LogP contribution in [0, 0.1) is 19.7 Å². The summed E-state index contributed by atoms with van der Waals surface area (Å²) >= 11 is 3.34. The first-order valence-corrected chi connectivity index (χ1v) is 7.01. The number of aliphatic hydroxyl groups excluding tert-OH is 1. The number of halogens is 2. The van der Waals surface area contributed by atoms with Crippen LogP contribution < -0.4 is 4.74 Å². The second-order valence-corrected chi connectivity index (χ2v) is 5.61. The van der Waals surface area contributed by atoms with Gasteiger partial charge in [0.2, 0.25) is 0 Å². The Morgan fingerprint density at radius 2 is 1.75 bits per heavy atom. The van der Waals surface area contributed by atoms with Crippen LogP contribution in [0.15, 0.2) is 34.8 Å². The summed E-state index contributed by atoms with van der Waals surface area (Å²) in [5, 5.41) is 10.5. The third-order valence-corrected chi connectivity index (χ3v) is 3.98. The highest BCUT2D eigenvalue weighted by molar-refractivity contribution is 9.10. The molecule has 4 heteroatoms. The maximum atomic E-state index is 13.3. The molecule has 0 bridgehead atoms. The Kier molecular flexibility index (Phi) is 4.45. The van der Waals surface area contributed by atoms with Gasteiger partial charge in [-0.1, -0.05) is 15.9 Å². The van der Waals surface area contributed by atoms with Gasteiger partial charge in [0.05, 0.1) is 7.11 Å². The molecule has 20 heavy (non-hydrogen) atoms. The fourth-order valence-electron chi connectivity index (χ4n) is 2.37. The van der Waals surface area contributed by atoms with Gasteiger partial charge in [0.1, 0.15) is 17.7 Å². The third-order valence-electron chi connectivity index (χ3n) is 3.26. The predicted molar refractivity (Wildman–Crippen MR) is 80.6 cm³/mol. The summed E-state index contributed by atoms with van der Waals surface area (Å²) < 4.78 is 19.3. The van der Waals surface area contributed by atoms with E-state index >= 15 is 0 Å². The normalized spacial score (nSPS) is 12.3. The lowest BCUT2D eigenvalue weighted by atomic mass is 9.97. The number of rotatable bonds is 3. The van der Waals surface area contributed by atoms with E-state index in [-0.39, 0.29) is 5.82 Å². The van der Waals surface area contributed by atoms with Crippen molar-refractivity contribution in [1.82, 2.24) is 0 Å². The lowest BCUT2D eigenvalue weighted by molar-refractivity contribution is 0.218. The maximum absolute atomic E-state index is 13.3. The number of aryl methyl sites for hydroxylation is 2. The van der Waals surface area contributed by atoms with Crippen LogP contribution in [0.3, 0.4) is 0 Å². The first-order valence-electron chi connectivity index (χ1n) is 6.22. The number of ether oxygens (including phenoxy) is 1. The van der Waals surface area contributed by atoms with Gasteiger partial charge in [0, 0.05) is 10.0 Å². The Hall–Kier alpha value is -1.39. The molecular weight excluding hydrogens is 323 g/mol. The van der Waals surface area contributed by atoms with Gasteiger partial charge in [-0.2, -0.15) is 0 Å². The van der Waals surface area contributed by atoms with Crippen LogP contribution in [-0.4, -0.2) is 12.2 Å². The number of benzene rings is 2. The molecule has 1 unspecified atom stereocenters. The van der Waals surface area contributed by atoms with Crippen molar-refractivity contribution in [3.8, 4) is 5.75 Å². The van der Waals surface area contributed by atoms with Crippen LogP contribution >= 0.6 is 15.9 Å². The molecule has 0 radical (unpaired) electrons. The van der Waals surface area contributed by atoms with Crippen LogP contribution in [0.5, 0.6) is 5.75 Å². The minimum atomic E-state index is -0.886. The smallest absolute Gasteiger partial charge is 0.124 e. The van der Waals surface area contributed by atoms with E-state index in [1.807, 2.05) is 26.0 Å². The van der Waals surface area contributed by atoms with E-state index in [0.717, 1.165) is 16.9 Å². The van der Waals surface area contributed by atoms with E-state index in [1.54, 1.807) is 13.2 Å². The van der Waals surface area contributed by atoms with Gasteiger partial charge >= 0.3 is 0 Å². The average Bonchev–Trinajstić information content (AvgIpc) is 2.40. The summed E-state index contributed by atoms with van der Waals surface area (Å²) in [6.07, 6.45) is -0.886. The fraction of sp³-hybridized carbons (Fsp3) is 0.250. The molecule has 0 aliphatic rings. The second kappa shape index (κ2) is 5.94. The van der Waals surface area contributed by atoms with E-state index in [0.29, 0.717) is 15.6 Å². The zero-order chi connectivity index (χ0) is 14.9. The number of aliphatic hydroxyl groups is 1. The number of hydrogen-bond acceptors (Lipinski definition) is 2. The van der Waals surface area contributed by atoms with E-state index < -0.39 is 6.10 Å². The summed E-state index contributed by atoms with van der Waals surface area (Å²) in [4.78, 5) is 0. The molecule has 0 aromatic heterocycles. The zero-order valence-corrected chi connectivity index (χ0v) is 13.2. The first kappa shape index (κ1) is 15.0. The van der Waals surface area contributed by atoms with Gasteiger partial charge < -0.3 is 9.84 Å². The number of hydrogen-bond donors (Lipinski definition) is 1. The van der Waals surface area contributed by atoms with Crippen LogP contribution in [0.4, 0.5) is 4.39 Å². The molecule has 2 aromatic rings. The van der Waals surface area contributed by atoms with Gasteiger partial charge in [-0.25, -0.2) is 4.39 Å². The molecule has 0 fully saturated rings. The van der Waals surface area contributed by atoms with Crippen LogP contribution in [0.25, 0.3) is 0 Å². The largest absolute Gasteiger partial charge is 0.496 e. The summed E-state index contributed by atoms with van der Waals surface area (Å²) in [5.41, 5.74) is 3.10. The van der Waals surface area contributed by atoms with Crippen molar-refractivity contribution in [2.24, 2.45) is 0 Å². The van der Waals surface area contributed by atoms with Crippen molar-refractivity contribution < 1.29 is 14.2 Å². The number of methoxy groups -OCH3 is 1. The van der Waals surface area contributed by atoms with Gasteiger partial charge in [-0.3, -0.25) is 0 Å². The fourth-order valence-corrected chi connectivity index (χ4v) is 2.83. The maximum Gasteiger partial charge on any atom is 0.124 e. The van der Waals surface area contributed by atoms with Gasteiger partial charge in [0.15, 0.2) is 0 Å². The van der Waals surface area contributed by atoms with E-state index in [9.17, 15) is 9.50 Å². The second-order valence-electron chi connectivity index (χ2n) is 4.76. The van der Waals surface area contributed by atoms with E-state index in [1.165, 1.54) is 12.1 Å². The van der Waals surface area contributed by atoms with Crippen LogP contribution in [0.2, 0.25) is 0 Å². The molecule has 0 aliphatic heterocycles. The van der Waals surface area contributed by atoms with Crippen molar-refractivity contribution in [3.63, 3.8) is 0 Å². The van der Waals surface area contributed by atoms with Gasteiger partial charge in [-0.15, -0.1) is 0 Å². The monoisotopic (exact) mass is 338 g/mol. The Morgan fingerprint density at radius 3 is 2.30 bits per heavy atom. The topological polar surface area (TPSA) is 29.5 Å². The van der Waals surface area contributed by atoms with Gasteiger partial charge in [0.25, 0.3) is 0 Å².